The Morgan fingerprint density at radius 3 is 2.89 bits per heavy atom. The predicted molar refractivity (Wildman–Crippen MR) is 103 cm³/mol. The Hall–Kier alpha value is -2.55. The van der Waals surface area contributed by atoms with Gasteiger partial charge in [0.1, 0.15) is 6.61 Å². The summed E-state index contributed by atoms with van der Waals surface area (Å²) < 4.78 is 19.2. The van der Waals surface area contributed by atoms with E-state index in [1.165, 1.54) is 11.8 Å². The number of para-hydroxylation sites is 2. The second-order valence-corrected chi connectivity index (χ2v) is 7.98. The zero-order chi connectivity index (χ0) is 19.5. The minimum atomic E-state index is -0.305. The van der Waals surface area contributed by atoms with Crippen molar-refractivity contribution in [2.24, 2.45) is 7.05 Å². The standard InChI is InChI=1S/C19H23N5O3S/c1-4-5-10-16-20-18(27-23-16)12(2)28-19-22-21-17(24(19)3)15-11-25-13-8-6-7-9-14(13)26-15/h6-9,12,15H,4-5,10-11H2,1-3H3. The smallest absolute Gasteiger partial charge is 0.239 e. The van der Waals surface area contributed by atoms with Crippen molar-refractivity contribution >= 4 is 11.8 Å². The van der Waals surface area contributed by atoms with Crippen LogP contribution in [0.15, 0.2) is 33.9 Å². The van der Waals surface area contributed by atoms with Crippen molar-refractivity contribution < 1.29 is 14.0 Å². The second-order valence-electron chi connectivity index (χ2n) is 6.68. The van der Waals surface area contributed by atoms with Crippen LogP contribution < -0.4 is 9.47 Å². The number of aryl methyl sites for hydroxylation is 1. The number of unbranched alkanes of at least 4 members (excludes halogenated alkanes) is 1. The molecule has 1 aliphatic heterocycles. The third-order valence-electron chi connectivity index (χ3n) is 4.53. The van der Waals surface area contributed by atoms with Crippen LogP contribution in [-0.4, -0.2) is 31.5 Å². The van der Waals surface area contributed by atoms with E-state index in [2.05, 4.69) is 27.3 Å². The molecule has 1 aromatic carbocycles. The van der Waals surface area contributed by atoms with Crippen molar-refractivity contribution in [3.05, 3.63) is 41.8 Å². The fraction of sp³-hybridized carbons (Fsp3) is 0.474. The molecule has 0 bridgehead atoms. The van der Waals surface area contributed by atoms with Gasteiger partial charge in [0.2, 0.25) is 5.89 Å². The van der Waals surface area contributed by atoms with E-state index < -0.39 is 0 Å². The Balaban J connectivity index is 1.44. The maximum Gasteiger partial charge on any atom is 0.239 e. The van der Waals surface area contributed by atoms with Crippen molar-refractivity contribution in [3.8, 4) is 11.5 Å². The summed E-state index contributed by atoms with van der Waals surface area (Å²) >= 11 is 1.53. The fourth-order valence-electron chi connectivity index (χ4n) is 2.93. The Labute approximate surface area is 167 Å². The topological polar surface area (TPSA) is 88.1 Å². The molecule has 9 heteroatoms. The molecule has 2 atom stereocenters. The molecule has 28 heavy (non-hydrogen) atoms. The minimum Gasteiger partial charge on any atom is -0.485 e. The quantitative estimate of drug-likeness (QED) is 0.551. The summed E-state index contributed by atoms with van der Waals surface area (Å²) in [5, 5.41) is 13.4. The number of fused-ring (bicyclic) bond motifs is 1. The van der Waals surface area contributed by atoms with Gasteiger partial charge < -0.3 is 18.6 Å². The molecular weight excluding hydrogens is 378 g/mol. The van der Waals surface area contributed by atoms with Gasteiger partial charge in [-0.15, -0.1) is 10.2 Å². The lowest BCUT2D eigenvalue weighted by Gasteiger charge is -2.25. The highest BCUT2D eigenvalue weighted by Gasteiger charge is 2.28. The number of nitrogens with zero attached hydrogens (tertiary/aromatic N) is 5. The molecule has 0 N–H and O–H groups in total. The zero-order valence-electron chi connectivity index (χ0n) is 16.2. The highest BCUT2D eigenvalue weighted by atomic mass is 32.2. The molecular formula is C19H23N5O3S. The fourth-order valence-corrected chi connectivity index (χ4v) is 3.79. The molecule has 0 radical (unpaired) electrons. The van der Waals surface area contributed by atoms with Gasteiger partial charge in [-0.05, 0) is 25.5 Å². The summed E-state index contributed by atoms with van der Waals surface area (Å²) in [5.41, 5.74) is 0. The summed E-state index contributed by atoms with van der Waals surface area (Å²) in [6.45, 7) is 4.56. The molecule has 8 nitrogen and oxygen atoms in total. The molecule has 0 fully saturated rings. The summed E-state index contributed by atoms with van der Waals surface area (Å²) in [5.74, 6) is 3.55. The van der Waals surface area contributed by atoms with E-state index in [1.807, 2.05) is 42.8 Å². The highest BCUT2D eigenvalue weighted by Crippen LogP contribution is 2.37. The van der Waals surface area contributed by atoms with Gasteiger partial charge in [0, 0.05) is 13.5 Å². The van der Waals surface area contributed by atoms with E-state index in [-0.39, 0.29) is 11.4 Å². The molecule has 0 spiro atoms. The van der Waals surface area contributed by atoms with Crippen LogP contribution >= 0.6 is 11.8 Å². The van der Waals surface area contributed by atoms with Gasteiger partial charge in [-0.1, -0.05) is 42.4 Å². The molecule has 3 heterocycles. The van der Waals surface area contributed by atoms with Gasteiger partial charge in [0.05, 0.1) is 5.25 Å². The summed E-state index contributed by atoms with van der Waals surface area (Å²) in [6.07, 6.45) is 2.69. The average Bonchev–Trinajstić information content (AvgIpc) is 3.33. The molecule has 0 saturated heterocycles. The van der Waals surface area contributed by atoms with Crippen LogP contribution in [0.5, 0.6) is 11.5 Å². The molecule has 2 aromatic heterocycles. The Morgan fingerprint density at radius 2 is 2.07 bits per heavy atom. The molecule has 0 saturated carbocycles. The maximum atomic E-state index is 6.04. The highest BCUT2D eigenvalue weighted by molar-refractivity contribution is 7.99. The van der Waals surface area contributed by atoms with Crippen LogP contribution in [0.1, 0.15) is 55.6 Å². The lowest BCUT2D eigenvalue weighted by molar-refractivity contribution is 0.0825. The number of rotatable bonds is 7. The largest absolute Gasteiger partial charge is 0.485 e. The SMILES string of the molecule is CCCCc1noc(C(C)Sc2nnc(C3COc4ccccc4O3)n2C)n1. The first-order chi connectivity index (χ1) is 13.7. The van der Waals surface area contributed by atoms with Crippen molar-refractivity contribution in [1.82, 2.24) is 24.9 Å². The Morgan fingerprint density at radius 1 is 1.25 bits per heavy atom. The summed E-state index contributed by atoms with van der Waals surface area (Å²) in [4.78, 5) is 4.49. The first-order valence-corrected chi connectivity index (χ1v) is 10.3. The van der Waals surface area contributed by atoms with Gasteiger partial charge in [-0.2, -0.15) is 4.98 Å². The van der Waals surface area contributed by atoms with Crippen molar-refractivity contribution in [1.29, 1.82) is 0 Å². The predicted octanol–water partition coefficient (Wildman–Crippen LogP) is 3.91. The second kappa shape index (κ2) is 8.22. The van der Waals surface area contributed by atoms with E-state index in [9.17, 15) is 0 Å². The van der Waals surface area contributed by atoms with Crippen LogP contribution in [-0.2, 0) is 13.5 Å². The lowest BCUT2D eigenvalue weighted by Crippen LogP contribution is -2.24. The lowest BCUT2D eigenvalue weighted by atomic mass is 10.2. The molecule has 2 unspecified atom stereocenters. The van der Waals surface area contributed by atoms with Crippen LogP contribution in [0.4, 0.5) is 0 Å². The Bertz CT molecular complexity index is 941. The van der Waals surface area contributed by atoms with Gasteiger partial charge in [0.25, 0.3) is 0 Å². The zero-order valence-corrected chi connectivity index (χ0v) is 17.0. The molecule has 0 aliphatic carbocycles. The maximum absolute atomic E-state index is 6.04. The van der Waals surface area contributed by atoms with E-state index in [0.717, 1.165) is 47.6 Å². The van der Waals surface area contributed by atoms with Crippen molar-refractivity contribution in [2.75, 3.05) is 6.61 Å². The van der Waals surface area contributed by atoms with Gasteiger partial charge in [-0.25, -0.2) is 0 Å². The van der Waals surface area contributed by atoms with Gasteiger partial charge in [0.15, 0.2) is 34.4 Å². The third-order valence-corrected chi connectivity index (χ3v) is 5.65. The summed E-state index contributed by atoms with van der Waals surface area (Å²) in [6, 6.07) is 7.63. The van der Waals surface area contributed by atoms with Crippen molar-refractivity contribution in [3.63, 3.8) is 0 Å². The van der Waals surface area contributed by atoms with E-state index in [0.29, 0.717) is 12.5 Å². The van der Waals surface area contributed by atoms with Crippen LogP contribution in [0.2, 0.25) is 0 Å². The third kappa shape index (κ3) is 3.84. The van der Waals surface area contributed by atoms with Gasteiger partial charge in [-0.3, -0.25) is 0 Å². The Kier molecular flexibility index (Phi) is 5.52. The minimum absolute atomic E-state index is 0.0251. The first kappa shape index (κ1) is 18.8. The van der Waals surface area contributed by atoms with Crippen LogP contribution in [0.25, 0.3) is 0 Å². The molecule has 148 valence electrons. The normalized spacial score (nSPS) is 16.9. The molecule has 0 amide bonds. The van der Waals surface area contributed by atoms with E-state index in [1.54, 1.807) is 0 Å². The van der Waals surface area contributed by atoms with E-state index in [4.69, 9.17) is 14.0 Å². The van der Waals surface area contributed by atoms with Gasteiger partial charge >= 0.3 is 0 Å². The van der Waals surface area contributed by atoms with Crippen LogP contribution in [0, 0.1) is 0 Å². The number of hydrogen-bond donors (Lipinski definition) is 0. The average molecular weight is 401 g/mol. The number of aromatic nitrogens is 5. The summed E-state index contributed by atoms with van der Waals surface area (Å²) in [7, 11) is 1.93. The molecule has 1 aliphatic rings. The number of hydrogen-bond acceptors (Lipinski definition) is 8. The van der Waals surface area contributed by atoms with E-state index >= 15 is 0 Å². The first-order valence-electron chi connectivity index (χ1n) is 9.42. The number of ether oxygens (including phenoxy) is 2. The van der Waals surface area contributed by atoms with Crippen molar-refractivity contribution in [2.45, 2.75) is 49.6 Å². The molecule has 3 aromatic rings. The molecule has 4 rings (SSSR count). The number of benzene rings is 1. The van der Waals surface area contributed by atoms with Crippen LogP contribution in [0.3, 0.4) is 0 Å². The monoisotopic (exact) mass is 401 g/mol. The number of thioether (sulfide) groups is 1.